The fourth-order valence-corrected chi connectivity index (χ4v) is 2.87. The summed E-state index contributed by atoms with van der Waals surface area (Å²) in [5, 5.41) is 12.0. The smallest absolute Gasteiger partial charge is 0.305 e. The molecule has 0 fully saturated rings. The lowest BCUT2D eigenvalue weighted by Crippen LogP contribution is -2.49. The number of rotatable bonds is 9. The van der Waals surface area contributed by atoms with Gasteiger partial charge in [-0.1, -0.05) is 43.7 Å². The summed E-state index contributed by atoms with van der Waals surface area (Å²) in [4.78, 5) is 27.6. The third kappa shape index (κ3) is 5.18. The van der Waals surface area contributed by atoms with Gasteiger partial charge < -0.3 is 14.8 Å². The molecule has 0 radical (unpaired) electrons. The monoisotopic (exact) mass is 358 g/mol. The van der Waals surface area contributed by atoms with Gasteiger partial charge in [-0.2, -0.15) is 0 Å². The number of carbonyl (C=O) groups is 2. The first kappa shape index (κ1) is 19.7. The van der Waals surface area contributed by atoms with Gasteiger partial charge in [-0.05, 0) is 19.8 Å². The van der Waals surface area contributed by atoms with E-state index < -0.39 is 11.5 Å². The Kier molecular flexibility index (Phi) is 6.55. The molecule has 0 atom stereocenters. The van der Waals surface area contributed by atoms with Gasteiger partial charge in [-0.15, -0.1) is 0 Å². The maximum absolute atomic E-state index is 12.3. The number of benzene rings is 1. The van der Waals surface area contributed by atoms with Gasteiger partial charge >= 0.3 is 5.97 Å². The highest BCUT2D eigenvalue weighted by molar-refractivity contribution is 5.78. The molecule has 0 aliphatic carbocycles. The molecular formula is C20H26N2O4. The number of aliphatic carboxylic acids is 1. The van der Waals surface area contributed by atoms with E-state index in [0.717, 1.165) is 5.56 Å². The van der Waals surface area contributed by atoms with Crippen LogP contribution >= 0.6 is 0 Å². The first-order valence-corrected chi connectivity index (χ1v) is 8.92. The van der Waals surface area contributed by atoms with Crippen LogP contribution in [-0.4, -0.2) is 27.5 Å². The summed E-state index contributed by atoms with van der Waals surface area (Å²) in [6.07, 6.45) is 3.28. The maximum atomic E-state index is 12.3. The third-order valence-corrected chi connectivity index (χ3v) is 4.70. The first-order valence-electron chi connectivity index (χ1n) is 8.92. The zero-order chi connectivity index (χ0) is 19.2. The number of hydrogen-bond acceptors (Lipinski definition) is 4. The van der Waals surface area contributed by atoms with E-state index in [4.69, 9.17) is 9.52 Å². The Bertz CT molecular complexity index is 745. The van der Waals surface area contributed by atoms with Crippen LogP contribution in [0, 0.1) is 6.92 Å². The van der Waals surface area contributed by atoms with Gasteiger partial charge in [0.05, 0.1) is 12.6 Å². The highest BCUT2D eigenvalue weighted by Gasteiger charge is 2.30. The molecule has 0 aliphatic heterocycles. The molecule has 0 bridgehead atoms. The van der Waals surface area contributed by atoms with Crippen molar-refractivity contribution < 1.29 is 19.1 Å². The van der Waals surface area contributed by atoms with Gasteiger partial charge in [0.1, 0.15) is 0 Å². The largest absolute Gasteiger partial charge is 0.481 e. The average Bonchev–Trinajstić information content (AvgIpc) is 3.08. The van der Waals surface area contributed by atoms with Crippen molar-refractivity contribution >= 4 is 11.9 Å². The molecule has 0 unspecified atom stereocenters. The van der Waals surface area contributed by atoms with Crippen LogP contribution in [0.1, 0.15) is 51.0 Å². The quantitative estimate of drug-likeness (QED) is 0.712. The zero-order valence-electron chi connectivity index (χ0n) is 15.5. The predicted octanol–water partition coefficient (Wildman–Crippen LogP) is 3.73. The van der Waals surface area contributed by atoms with Crippen LogP contribution in [0.2, 0.25) is 0 Å². The minimum Gasteiger partial charge on any atom is -0.481 e. The third-order valence-electron chi connectivity index (χ3n) is 4.70. The molecule has 0 aliphatic rings. The predicted molar refractivity (Wildman–Crippen MR) is 98.7 cm³/mol. The second kappa shape index (κ2) is 8.65. The average molecular weight is 358 g/mol. The molecule has 6 heteroatoms. The van der Waals surface area contributed by atoms with Crippen molar-refractivity contribution in [2.45, 2.75) is 58.4 Å². The minimum absolute atomic E-state index is 0.0810. The molecular weight excluding hydrogens is 332 g/mol. The van der Waals surface area contributed by atoms with Crippen molar-refractivity contribution in [2.24, 2.45) is 0 Å². The number of hydrogen-bond donors (Lipinski definition) is 2. The summed E-state index contributed by atoms with van der Waals surface area (Å²) in [7, 11) is 0. The van der Waals surface area contributed by atoms with E-state index in [9.17, 15) is 9.59 Å². The number of amides is 1. The van der Waals surface area contributed by atoms with E-state index in [-0.39, 0.29) is 18.7 Å². The van der Waals surface area contributed by atoms with E-state index in [1.165, 1.54) is 5.56 Å². The van der Waals surface area contributed by atoms with Crippen molar-refractivity contribution in [1.82, 2.24) is 10.3 Å². The molecule has 140 valence electrons. The van der Waals surface area contributed by atoms with Gasteiger partial charge in [0.15, 0.2) is 11.7 Å². The zero-order valence-corrected chi connectivity index (χ0v) is 15.5. The van der Waals surface area contributed by atoms with Crippen molar-refractivity contribution in [2.75, 3.05) is 0 Å². The van der Waals surface area contributed by atoms with Crippen LogP contribution in [0.25, 0.3) is 11.3 Å². The summed E-state index contributed by atoms with van der Waals surface area (Å²) < 4.78 is 5.72. The van der Waals surface area contributed by atoms with Crippen LogP contribution in [0.5, 0.6) is 0 Å². The van der Waals surface area contributed by atoms with Gasteiger partial charge in [-0.3, -0.25) is 9.59 Å². The molecule has 1 heterocycles. The second-order valence-corrected chi connectivity index (χ2v) is 6.59. The molecule has 0 saturated heterocycles. The molecule has 1 aromatic carbocycles. The standard InChI is InChI=1S/C20H26N2O4/c1-4-20(5-2,12-19(24)25)22-17(23)10-11-18-21-13-16(26-18)15-8-6-14(3)7-9-15/h6-9,13H,4-5,10-12H2,1-3H3,(H,22,23)(H,24,25). The van der Waals surface area contributed by atoms with Crippen LogP contribution in [0.3, 0.4) is 0 Å². The SMILES string of the molecule is CCC(CC)(CC(=O)O)NC(=O)CCc1ncc(-c2ccc(C)cc2)o1. The van der Waals surface area contributed by atoms with Gasteiger partial charge in [0.25, 0.3) is 0 Å². The molecule has 0 spiro atoms. The molecule has 0 saturated carbocycles. The Morgan fingerprint density at radius 3 is 2.42 bits per heavy atom. The van der Waals surface area contributed by atoms with Crippen LogP contribution in [0.4, 0.5) is 0 Å². The molecule has 1 amide bonds. The van der Waals surface area contributed by atoms with Gasteiger partial charge in [0, 0.05) is 23.9 Å². The van der Waals surface area contributed by atoms with Crippen LogP contribution < -0.4 is 5.32 Å². The Morgan fingerprint density at radius 2 is 1.85 bits per heavy atom. The van der Waals surface area contributed by atoms with Gasteiger partial charge in [-0.25, -0.2) is 4.98 Å². The Hall–Kier alpha value is -2.63. The first-order chi connectivity index (χ1) is 12.4. The Balaban J connectivity index is 1.95. The topological polar surface area (TPSA) is 92.4 Å². The number of nitrogens with one attached hydrogen (secondary N) is 1. The Morgan fingerprint density at radius 1 is 1.19 bits per heavy atom. The summed E-state index contributed by atoms with van der Waals surface area (Å²) >= 11 is 0. The lowest BCUT2D eigenvalue weighted by Gasteiger charge is -2.31. The number of nitrogens with zero attached hydrogens (tertiary/aromatic N) is 1. The molecule has 2 aromatic rings. The summed E-state index contributed by atoms with van der Waals surface area (Å²) in [5.41, 5.74) is 1.41. The van der Waals surface area contributed by atoms with E-state index in [2.05, 4.69) is 10.3 Å². The summed E-state index contributed by atoms with van der Waals surface area (Å²) in [5.74, 6) is 0.0600. The van der Waals surface area contributed by atoms with E-state index in [0.29, 0.717) is 30.9 Å². The van der Waals surface area contributed by atoms with Crippen molar-refractivity contribution in [3.05, 3.63) is 41.9 Å². The fraction of sp³-hybridized carbons (Fsp3) is 0.450. The van der Waals surface area contributed by atoms with Crippen molar-refractivity contribution in [1.29, 1.82) is 0 Å². The van der Waals surface area contributed by atoms with Crippen molar-refractivity contribution in [3.63, 3.8) is 0 Å². The maximum Gasteiger partial charge on any atom is 0.305 e. The number of carbonyl (C=O) groups excluding carboxylic acids is 1. The molecule has 2 N–H and O–H groups in total. The number of oxazole rings is 1. The van der Waals surface area contributed by atoms with E-state index >= 15 is 0 Å². The minimum atomic E-state index is -0.913. The Labute approximate surface area is 153 Å². The number of aryl methyl sites for hydroxylation is 2. The molecule has 26 heavy (non-hydrogen) atoms. The summed E-state index contributed by atoms with van der Waals surface area (Å²) in [6, 6.07) is 7.94. The van der Waals surface area contributed by atoms with Crippen LogP contribution in [-0.2, 0) is 16.0 Å². The second-order valence-electron chi connectivity index (χ2n) is 6.59. The normalized spacial score (nSPS) is 11.3. The number of aromatic nitrogens is 1. The lowest BCUT2D eigenvalue weighted by molar-refractivity contribution is -0.139. The summed E-state index contributed by atoms with van der Waals surface area (Å²) in [6.45, 7) is 5.79. The number of carboxylic acids is 1. The highest BCUT2D eigenvalue weighted by atomic mass is 16.4. The van der Waals surface area contributed by atoms with E-state index in [1.54, 1.807) is 6.20 Å². The van der Waals surface area contributed by atoms with Crippen LogP contribution in [0.15, 0.2) is 34.9 Å². The molecule has 2 rings (SSSR count). The fourth-order valence-electron chi connectivity index (χ4n) is 2.87. The lowest BCUT2D eigenvalue weighted by atomic mass is 9.88. The number of carboxylic acid groups (broad SMARTS) is 1. The molecule has 1 aromatic heterocycles. The molecule has 6 nitrogen and oxygen atoms in total. The van der Waals surface area contributed by atoms with E-state index in [1.807, 2.05) is 45.0 Å². The highest BCUT2D eigenvalue weighted by Crippen LogP contribution is 2.22. The van der Waals surface area contributed by atoms with Gasteiger partial charge in [0.2, 0.25) is 5.91 Å². The van der Waals surface area contributed by atoms with Crippen molar-refractivity contribution in [3.8, 4) is 11.3 Å².